The number of ether oxygens (including phenoxy) is 2. The van der Waals surface area contributed by atoms with Gasteiger partial charge < -0.3 is 9.47 Å². The standard InChI is InChI=1S/C21H19NO5/c1-26-20-13-7-16(8-14-20)15-18(5-3-4-6-21(23)27-2)17-9-11-19(12-10-17)22(24)25/h3-15H,1-2H3/b5-3+,6-4+,18-15-. The first kappa shape index (κ1) is 19.7. The number of rotatable bonds is 7. The lowest BCUT2D eigenvalue weighted by atomic mass is 10.0. The number of allylic oxidation sites excluding steroid dienone is 4. The van der Waals surface area contributed by atoms with Crippen LogP contribution in [0.5, 0.6) is 5.75 Å². The molecule has 138 valence electrons. The fourth-order valence-electron chi connectivity index (χ4n) is 2.24. The number of nitro groups is 1. The number of esters is 1. The number of non-ortho nitro benzene ring substituents is 1. The minimum absolute atomic E-state index is 0.0251. The molecule has 2 aromatic rings. The Hall–Kier alpha value is -3.67. The number of nitrogens with zero attached hydrogens (tertiary/aromatic N) is 1. The van der Waals surface area contributed by atoms with Gasteiger partial charge in [-0.2, -0.15) is 0 Å². The second-order valence-corrected chi connectivity index (χ2v) is 5.42. The minimum atomic E-state index is -0.448. The highest BCUT2D eigenvalue weighted by atomic mass is 16.6. The maximum Gasteiger partial charge on any atom is 0.330 e. The molecule has 0 unspecified atom stereocenters. The molecule has 0 saturated heterocycles. The molecule has 2 aromatic carbocycles. The fraction of sp³-hybridized carbons (Fsp3) is 0.0952. The van der Waals surface area contributed by atoms with Crippen molar-refractivity contribution in [2.75, 3.05) is 14.2 Å². The number of nitro benzene ring substituents is 1. The summed E-state index contributed by atoms with van der Waals surface area (Å²) in [6.07, 6.45) is 8.32. The average molecular weight is 365 g/mol. The molecule has 0 spiro atoms. The number of hydrogen-bond donors (Lipinski definition) is 0. The van der Waals surface area contributed by atoms with Crippen molar-refractivity contribution < 1.29 is 19.2 Å². The van der Waals surface area contributed by atoms with E-state index in [-0.39, 0.29) is 5.69 Å². The van der Waals surface area contributed by atoms with Gasteiger partial charge in [-0.05, 0) is 47.0 Å². The Morgan fingerprint density at radius 3 is 2.15 bits per heavy atom. The fourth-order valence-corrected chi connectivity index (χ4v) is 2.24. The topological polar surface area (TPSA) is 78.7 Å². The first-order chi connectivity index (χ1) is 13.0. The van der Waals surface area contributed by atoms with Gasteiger partial charge in [0.05, 0.1) is 19.1 Å². The molecule has 0 aromatic heterocycles. The zero-order valence-electron chi connectivity index (χ0n) is 15.0. The van der Waals surface area contributed by atoms with E-state index in [9.17, 15) is 14.9 Å². The van der Waals surface area contributed by atoms with Gasteiger partial charge >= 0.3 is 5.97 Å². The Balaban J connectivity index is 2.35. The third kappa shape index (κ3) is 5.97. The maximum absolute atomic E-state index is 11.1. The van der Waals surface area contributed by atoms with Gasteiger partial charge in [0.25, 0.3) is 5.69 Å². The summed E-state index contributed by atoms with van der Waals surface area (Å²) in [4.78, 5) is 21.6. The molecule has 0 amide bonds. The van der Waals surface area contributed by atoms with E-state index < -0.39 is 10.9 Å². The normalized spacial score (nSPS) is 11.7. The van der Waals surface area contributed by atoms with Gasteiger partial charge in [0.2, 0.25) is 0 Å². The van der Waals surface area contributed by atoms with Crippen molar-refractivity contribution in [3.63, 3.8) is 0 Å². The van der Waals surface area contributed by atoms with Crippen LogP contribution in [-0.2, 0) is 9.53 Å². The largest absolute Gasteiger partial charge is 0.497 e. The van der Waals surface area contributed by atoms with Gasteiger partial charge in [-0.3, -0.25) is 10.1 Å². The first-order valence-corrected chi connectivity index (χ1v) is 8.07. The number of carbonyl (C=O) groups excluding carboxylic acids is 1. The smallest absolute Gasteiger partial charge is 0.330 e. The molecule has 0 atom stereocenters. The summed E-state index contributed by atoms with van der Waals surface area (Å²) in [5, 5.41) is 10.8. The lowest BCUT2D eigenvalue weighted by molar-refractivity contribution is -0.384. The van der Waals surface area contributed by atoms with E-state index in [1.807, 2.05) is 36.4 Å². The Morgan fingerprint density at radius 2 is 1.59 bits per heavy atom. The summed E-state index contributed by atoms with van der Waals surface area (Å²) in [6.45, 7) is 0. The van der Waals surface area contributed by atoms with Crippen LogP contribution in [0, 0.1) is 10.1 Å². The van der Waals surface area contributed by atoms with E-state index in [1.165, 1.54) is 25.3 Å². The monoisotopic (exact) mass is 365 g/mol. The highest BCUT2D eigenvalue weighted by Crippen LogP contribution is 2.23. The Kier molecular flexibility index (Phi) is 7.07. The summed E-state index contributed by atoms with van der Waals surface area (Å²) in [5.41, 5.74) is 2.59. The molecule has 6 heteroatoms. The quantitative estimate of drug-likeness (QED) is 0.181. The third-order valence-electron chi connectivity index (χ3n) is 3.67. The maximum atomic E-state index is 11.1. The van der Waals surface area contributed by atoms with Gasteiger partial charge in [-0.25, -0.2) is 4.79 Å². The number of methoxy groups -OCH3 is 2. The molecule has 0 aliphatic rings. The average Bonchev–Trinajstić information content (AvgIpc) is 2.70. The number of benzene rings is 2. The zero-order valence-corrected chi connectivity index (χ0v) is 15.0. The Bertz CT molecular complexity index is 878. The molecular formula is C21H19NO5. The summed E-state index contributed by atoms with van der Waals surface area (Å²) < 4.78 is 9.70. The minimum Gasteiger partial charge on any atom is -0.497 e. The highest BCUT2D eigenvalue weighted by Gasteiger charge is 2.06. The first-order valence-electron chi connectivity index (χ1n) is 8.07. The molecule has 0 aliphatic heterocycles. The van der Waals surface area contributed by atoms with Crippen LogP contribution in [0.2, 0.25) is 0 Å². The summed E-state index contributed by atoms with van der Waals surface area (Å²) in [6, 6.07) is 13.8. The lowest BCUT2D eigenvalue weighted by Gasteiger charge is -2.05. The van der Waals surface area contributed by atoms with Crippen LogP contribution in [0.15, 0.2) is 72.8 Å². The molecule has 0 N–H and O–H groups in total. The van der Waals surface area contributed by atoms with Gasteiger partial charge in [-0.15, -0.1) is 0 Å². The van der Waals surface area contributed by atoms with E-state index in [0.717, 1.165) is 22.4 Å². The van der Waals surface area contributed by atoms with Crippen molar-refractivity contribution in [3.8, 4) is 5.75 Å². The van der Waals surface area contributed by atoms with Crippen LogP contribution in [0.4, 0.5) is 5.69 Å². The molecule has 0 aliphatic carbocycles. The molecule has 0 radical (unpaired) electrons. The van der Waals surface area contributed by atoms with Crippen molar-refractivity contribution in [1.29, 1.82) is 0 Å². The van der Waals surface area contributed by atoms with Crippen LogP contribution in [0.1, 0.15) is 11.1 Å². The molecule has 0 bridgehead atoms. The van der Waals surface area contributed by atoms with Crippen molar-refractivity contribution in [3.05, 3.63) is 94.1 Å². The molecule has 27 heavy (non-hydrogen) atoms. The highest BCUT2D eigenvalue weighted by molar-refractivity contribution is 5.88. The molecule has 0 heterocycles. The molecule has 0 fully saturated rings. The van der Waals surface area contributed by atoms with E-state index in [1.54, 1.807) is 31.4 Å². The van der Waals surface area contributed by atoms with Gasteiger partial charge in [0, 0.05) is 18.2 Å². The zero-order chi connectivity index (χ0) is 19.6. The van der Waals surface area contributed by atoms with Crippen LogP contribution in [-0.4, -0.2) is 25.1 Å². The van der Waals surface area contributed by atoms with E-state index in [2.05, 4.69) is 4.74 Å². The van der Waals surface area contributed by atoms with Gasteiger partial charge in [0.15, 0.2) is 0 Å². The molecule has 6 nitrogen and oxygen atoms in total. The van der Waals surface area contributed by atoms with E-state index in [0.29, 0.717) is 0 Å². The molecular weight excluding hydrogens is 346 g/mol. The van der Waals surface area contributed by atoms with Crippen LogP contribution in [0.3, 0.4) is 0 Å². The Morgan fingerprint density at radius 1 is 0.963 bits per heavy atom. The van der Waals surface area contributed by atoms with Crippen LogP contribution in [0.25, 0.3) is 11.6 Å². The van der Waals surface area contributed by atoms with Crippen LogP contribution < -0.4 is 4.74 Å². The summed E-state index contributed by atoms with van der Waals surface area (Å²) in [5.74, 6) is 0.302. The predicted octanol–water partition coefficient (Wildman–Crippen LogP) is 4.43. The molecule has 2 rings (SSSR count). The van der Waals surface area contributed by atoms with Crippen LogP contribution >= 0.6 is 0 Å². The summed E-state index contributed by atoms with van der Waals surface area (Å²) >= 11 is 0. The second-order valence-electron chi connectivity index (χ2n) is 5.42. The lowest BCUT2D eigenvalue weighted by Crippen LogP contribution is -1.92. The van der Waals surface area contributed by atoms with Crippen molar-refractivity contribution >= 4 is 23.3 Å². The van der Waals surface area contributed by atoms with Crippen molar-refractivity contribution in [2.45, 2.75) is 0 Å². The third-order valence-corrected chi connectivity index (χ3v) is 3.67. The SMILES string of the molecule is COC(=O)/C=C/C=C/C(=C/c1ccc(OC)cc1)c1ccc([N+](=O)[O-])cc1. The van der Waals surface area contributed by atoms with Crippen molar-refractivity contribution in [2.24, 2.45) is 0 Å². The van der Waals surface area contributed by atoms with E-state index in [4.69, 9.17) is 4.74 Å². The number of hydrogen-bond acceptors (Lipinski definition) is 5. The summed E-state index contributed by atoms with van der Waals surface area (Å²) in [7, 11) is 2.91. The van der Waals surface area contributed by atoms with Crippen molar-refractivity contribution in [1.82, 2.24) is 0 Å². The predicted molar refractivity (Wildman–Crippen MR) is 104 cm³/mol. The molecule has 0 saturated carbocycles. The number of carbonyl (C=O) groups is 1. The van der Waals surface area contributed by atoms with E-state index >= 15 is 0 Å². The second kappa shape index (κ2) is 9.72. The van der Waals surface area contributed by atoms with Gasteiger partial charge in [0.1, 0.15) is 5.75 Å². The van der Waals surface area contributed by atoms with Gasteiger partial charge in [-0.1, -0.05) is 30.4 Å². The Labute approximate surface area is 157 Å².